The highest BCUT2D eigenvalue weighted by atomic mass is 16.6. The lowest BCUT2D eigenvalue weighted by Crippen LogP contribution is -2.22. The van der Waals surface area contributed by atoms with Crippen molar-refractivity contribution >= 4 is 17.1 Å². The van der Waals surface area contributed by atoms with Gasteiger partial charge in [-0.05, 0) is 36.4 Å². The number of nitro groups is 1. The first-order chi connectivity index (χ1) is 10.3. The number of hydrogen-bond donors (Lipinski definition) is 0. The third-order valence-corrected chi connectivity index (χ3v) is 3.03. The molecule has 3 aromatic rings. The molecule has 6 nitrogen and oxygen atoms in total. The third-order valence-electron chi connectivity index (χ3n) is 3.03. The highest BCUT2D eigenvalue weighted by Gasteiger charge is 2.12. The van der Waals surface area contributed by atoms with Crippen molar-refractivity contribution in [3.05, 3.63) is 83.4 Å². The molecule has 2 aromatic heterocycles. The lowest BCUT2D eigenvalue weighted by molar-refractivity contribution is -0.384. The summed E-state index contributed by atoms with van der Waals surface area (Å²) in [5.41, 5.74) is 1.80. The van der Waals surface area contributed by atoms with Crippen LogP contribution >= 0.6 is 0 Å². The number of anilines is 2. The van der Waals surface area contributed by atoms with Crippen LogP contribution < -0.4 is 5.01 Å². The van der Waals surface area contributed by atoms with Gasteiger partial charge in [-0.3, -0.25) is 24.8 Å². The van der Waals surface area contributed by atoms with Crippen LogP contribution in [-0.2, 0) is 0 Å². The van der Waals surface area contributed by atoms with Gasteiger partial charge in [0.25, 0.3) is 5.69 Å². The van der Waals surface area contributed by atoms with Crippen molar-refractivity contribution in [2.45, 2.75) is 0 Å². The van der Waals surface area contributed by atoms with E-state index < -0.39 is 4.92 Å². The number of non-ortho nitro benzene ring substituents is 1. The lowest BCUT2D eigenvalue weighted by Gasteiger charge is -2.25. The summed E-state index contributed by atoms with van der Waals surface area (Å²) in [6.07, 6.45) is 7.22. The number of benzene rings is 1. The van der Waals surface area contributed by atoms with Gasteiger partial charge < -0.3 is 0 Å². The Balaban J connectivity index is 2.06. The van der Waals surface area contributed by atoms with E-state index >= 15 is 0 Å². The van der Waals surface area contributed by atoms with Crippen LogP contribution in [0.5, 0.6) is 0 Å². The molecule has 1 aromatic carbocycles. The average molecular weight is 280 g/mol. The fourth-order valence-corrected chi connectivity index (χ4v) is 2.08. The van der Waals surface area contributed by atoms with Gasteiger partial charge in [0.1, 0.15) is 0 Å². The molecule has 0 fully saturated rings. The first-order valence-electron chi connectivity index (χ1n) is 6.33. The molecule has 0 unspecified atom stereocenters. The molecule has 0 spiro atoms. The van der Waals surface area contributed by atoms with Crippen LogP contribution in [0.1, 0.15) is 0 Å². The molecule has 0 amide bonds. The fraction of sp³-hybridized carbons (Fsp3) is 0. The Kier molecular flexibility index (Phi) is 3.34. The van der Waals surface area contributed by atoms with Crippen LogP contribution in [-0.4, -0.2) is 14.6 Å². The van der Waals surface area contributed by atoms with Crippen molar-refractivity contribution in [2.24, 2.45) is 0 Å². The van der Waals surface area contributed by atoms with E-state index in [0.717, 1.165) is 11.4 Å². The van der Waals surface area contributed by atoms with Crippen LogP contribution in [0.2, 0.25) is 0 Å². The summed E-state index contributed by atoms with van der Waals surface area (Å²) in [5.74, 6) is 0. The molecule has 3 rings (SSSR count). The molecular weight excluding hydrogens is 268 g/mol. The van der Waals surface area contributed by atoms with Gasteiger partial charge >= 0.3 is 0 Å². The summed E-state index contributed by atoms with van der Waals surface area (Å²) >= 11 is 0. The second kappa shape index (κ2) is 5.46. The van der Waals surface area contributed by atoms with Crippen molar-refractivity contribution in [3.63, 3.8) is 0 Å². The highest BCUT2D eigenvalue weighted by Crippen LogP contribution is 2.27. The Morgan fingerprint density at radius 1 is 0.952 bits per heavy atom. The van der Waals surface area contributed by atoms with Gasteiger partial charge in [0.05, 0.1) is 16.3 Å². The monoisotopic (exact) mass is 280 g/mol. The quantitative estimate of drug-likeness (QED) is 0.542. The van der Waals surface area contributed by atoms with E-state index in [9.17, 15) is 10.1 Å². The Labute approximate surface area is 121 Å². The zero-order valence-electron chi connectivity index (χ0n) is 11.0. The summed E-state index contributed by atoms with van der Waals surface area (Å²) < 4.78 is 1.90. The molecule has 2 heterocycles. The standard InChI is InChI=1S/C15H12N4O2/c20-19(21)15-5-3-13(4-6-15)18(17-11-1-2-12-17)14-7-9-16-10-8-14/h1-12H. The van der Waals surface area contributed by atoms with E-state index in [-0.39, 0.29) is 5.69 Å². The number of nitrogens with zero attached hydrogens (tertiary/aromatic N) is 4. The number of nitro benzene ring substituents is 1. The summed E-state index contributed by atoms with van der Waals surface area (Å²) in [5, 5.41) is 12.7. The van der Waals surface area contributed by atoms with Gasteiger partial charge in [-0.15, -0.1) is 0 Å². The second-order valence-corrected chi connectivity index (χ2v) is 4.35. The molecular formula is C15H12N4O2. The van der Waals surface area contributed by atoms with Crippen LogP contribution in [0.4, 0.5) is 17.1 Å². The fourth-order valence-electron chi connectivity index (χ4n) is 2.08. The smallest absolute Gasteiger partial charge is 0.265 e. The SMILES string of the molecule is O=[N+]([O-])c1ccc(N(c2ccncc2)n2cccc2)cc1. The van der Waals surface area contributed by atoms with Gasteiger partial charge in [-0.1, -0.05) is 0 Å². The van der Waals surface area contributed by atoms with Gasteiger partial charge in [-0.2, -0.15) is 0 Å². The molecule has 0 aliphatic carbocycles. The second-order valence-electron chi connectivity index (χ2n) is 4.35. The summed E-state index contributed by atoms with van der Waals surface area (Å²) in [7, 11) is 0. The van der Waals surface area contributed by atoms with Crippen LogP contribution in [0.3, 0.4) is 0 Å². The van der Waals surface area contributed by atoms with Gasteiger partial charge in [0.15, 0.2) is 0 Å². The molecule has 0 radical (unpaired) electrons. The molecule has 21 heavy (non-hydrogen) atoms. The summed E-state index contributed by atoms with van der Waals surface area (Å²) in [6.45, 7) is 0. The molecule has 0 N–H and O–H groups in total. The van der Waals surface area contributed by atoms with Crippen LogP contribution in [0, 0.1) is 10.1 Å². The van der Waals surface area contributed by atoms with Gasteiger partial charge in [0, 0.05) is 36.9 Å². The lowest BCUT2D eigenvalue weighted by atomic mass is 10.2. The third kappa shape index (κ3) is 2.59. The van der Waals surface area contributed by atoms with Gasteiger partial charge in [0.2, 0.25) is 0 Å². The maximum atomic E-state index is 10.8. The minimum absolute atomic E-state index is 0.0703. The Bertz CT molecular complexity index is 724. The van der Waals surface area contributed by atoms with Crippen molar-refractivity contribution in [2.75, 3.05) is 5.01 Å². The zero-order chi connectivity index (χ0) is 14.7. The van der Waals surface area contributed by atoms with E-state index in [1.807, 2.05) is 46.3 Å². The number of rotatable bonds is 4. The van der Waals surface area contributed by atoms with Crippen LogP contribution in [0.25, 0.3) is 0 Å². The Morgan fingerprint density at radius 2 is 1.52 bits per heavy atom. The maximum Gasteiger partial charge on any atom is 0.269 e. The summed E-state index contributed by atoms with van der Waals surface area (Å²) in [4.78, 5) is 14.4. The Morgan fingerprint density at radius 3 is 2.10 bits per heavy atom. The van der Waals surface area contributed by atoms with E-state index in [2.05, 4.69) is 4.98 Å². The van der Waals surface area contributed by atoms with E-state index in [1.54, 1.807) is 24.5 Å². The summed E-state index contributed by atoms with van der Waals surface area (Å²) in [6, 6.07) is 14.0. The molecule has 104 valence electrons. The first kappa shape index (κ1) is 12.9. The minimum Gasteiger partial charge on any atom is -0.265 e. The largest absolute Gasteiger partial charge is 0.269 e. The number of hydrogen-bond acceptors (Lipinski definition) is 4. The first-order valence-corrected chi connectivity index (χ1v) is 6.33. The van der Waals surface area contributed by atoms with Crippen molar-refractivity contribution in [3.8, 4) is 0 Å². The predicted octanol–water partition coefficient (Wildman–Crippen LogP) is 3.39. The number of pyridine rings is 1. The van der Waals surface area contributed by atoms with Crippen LogP contribution in [0.15, 0.2) is 73.3 Å². The molecule has 0 atom stereocenters. The molecule has 0 bridgehead atoms. The van der Waals surface area contributed by atoms with Crippen molar-refractivity contribution in [1.29, 1.82) is 0 Å². The average Bonchev–Trinajstić information content (AvgIpc) is 3.03. The zero-order valence-corrected chi connectivity index (χ0v) is 11.0. The topological polar surface area (TPSA) is 64.2 Å². The van der Waals surface area contributed by atoms with Crippen molar-refractivity contribution < 1.29 is 4.92 Å². The van der Waals surface area contributed by atoms with E-state index in [1.165, 1.54) is 12.1 Å². The maximum absolute atomic E-state index is 10.8. The van der Waals surface area contributed by atoms with E-state index in [4.69, 9.17) is 0 Å². The molecule has 0 saturated carbocycles. The van der Waals surface area contributed by atoms with E-state index in [0.29, 0.717) is 0 Å². The molecule has 0 aliphatic rings. The molecule has 6 heteroatoms. The predicted molar refractivity (Wildman–Crippen MR) is 79.3 cm³/mol. The normalized spacial score (nSPS) is 10.3. The van der Waals surface area contributed by atoms with Gasteiger partial charge in [-0.25, -0.2) is 0 Å². The van der Waals surface area contributed by atoms with Crippen molar-refractivity contribution in [1.82, 2.24) is 9.66 Å². The molecule has 0 aliphatic heterocycles. The molecule has 0 saturated heterocycles. The number of aromatic nitrogens is 2. The minimum atomic E-state index is -0.407. The Hall–Kier alpha value is -3.15. The highest BCUT2D eigenvalue weighted by molar-refractivity contribution is 5.63.